The molecule has 0 aliphatic heterocycles. The second kappa shape index (κ2) is 3.95. The van der Waals surface area contributed by atoms with Crippen molar-refractivity contribution < 1.29 is 5.11 Å². The standard InChI is InChI=1S/C12H13N3O/c1-3-9-5-12-11(4-10(9)6-13)7-14-15(12)8(2)16/h4-5,7-8,16H,3H2,1-2H3. The Balaban J connectivity index is 2.72. The van der Waals surface area contributed by atoms with Crippen molar-refractivity contribution in [3.05, 3.63) is 29.5 Å². The third-order valence-corrected chi connectivity index (χ3v) is 2.68. The van der Waals surface area contributed by atoms with Gasteiger partial charge >= 0.3 is 0 Å². The molecule has 0 spiro atoms. The Bertz CT molecular complexity index is 563. The molecule has 2 aromatic rings. The first-order valence-electron chi connectivity index (χ1n) is 5.25. The molecule has 0 saturated heterocycles. The Morgan fingerprint density at radius 3 is 2.88 bits per heavy atom. The molecule has 4 heteroatoms. The van der Waals surface area contributed by atoms with Crippen molar-refractivity contribution >= 4 is 10.9 Å². The molecule has 82 valence electrons. The quantitative estimate of drug-likeness (QED) is 0.833. The van der Waals surface area contributed by atoms with Crippen molar-refractivity contribution in [1.82, 2.24) is 9.78 Å². The normalized spacial score (nSPS) is 12.6. The molecule has 0 saturated carbocycles. The van der Waals surface area contributed by atoms with E-state index >= 15 is 0 Å². The van der Waals surface area contributed by atoms with Crippen LogP contribution in [0.3, 0.4) is 0 Å². The van der Waals surface area contributed by atoms with Gasteiger partial charge in [-0.3, -0.25) is 0 Å². The van der Waals surface area contributed by atoms with Crippen molar-refractivity contribution in [2.75, 3.05) is 0 Å². The molecule has 1 N–H and O–H groups in total. The van der Waals surface area contributed by atoms with Crippen LogP contribution in [-0.2, 0) is 6.42 Å². The summed E-state index contributed by atoms with van der Waals surface area (Å²) >= 11 is 0. The number of nitriles is 1. The van der Waals surface area contributed by atoms with Crippen molar-refractivity contribution in [3.8, 4) is 6.07 Å². The van der Waals surface area contributed by atoms with E-state index in [2.05, 4.69) is 11.2 Å². The van der Waals surface area contributed by atoms with Crippen LogP contribution in [0, 0.1) is 11.3 Å². The lowest BCUT2D eigenvalue weighted by atomic mass is 10.0. The number of hydrogen-bond acceptors (Lipinski definition) is 3. The summed E-state index contributed by atoms with van der Waals surface area (Å²) in [5.41, 5.74) is 2.53. The summed E-state index contributed by atoms with van der Waals surface area (Å²) in [5, 5.41) is 23.5. The first kappa shape index (κ1) is 10.7. The zero-order valence-corrected chi connectivity index (χ0v) is 9.31. The molecular formula is C12H13N3O. The summed E-state index contributed by atoms with van der Waals surface area (Å²) in [6.45, 7) is 3.67. The van der Waals surface area contributed by atoms with E-state index in [0.717, 1.165) is 22.9 Å². The van der Waals surface area contributed by atoms with Crippen LogP contribution in [-0.4, -0.2) is 14.9 Å². The largest absolute Gasteiger partial charge is 0.372 e. The number of aliphatic hydroxyl groups excluding tert-OH is 1. The molecule has 1 unspecified atom stereocenters. The van der Waals surface area contributed by atoms with Crippen LogP contribution in [0.15, 0.2) is 18.3 Å². The first-order valence-corrected chi connectivity index (χ1v) is 5.25. The average molecular weight is 215 g/mol. The van der Waals surface area contributed by atoms with Crippen LogP contribution < -0.4 is 0 Å². The lowest BCUT2D eigenvalue weighted by Crippen LogP contribution is -2.05. The fourth-order valence-electron chi connectivity index (χ4n) is 1.83. The van der Waals surface area contributed by atoms with Crippen molar-refractivity contribution in [2.24, 2.45) is 0 Å². The average Bonchev–Trinajstić information content (AvgIpc) is 2.69. The molecule has 0 aliphatic carbocycles. The van der Waals surface area contributed by atoms with E-state index in [4.69, 9.17) is 5.26 Å². The van der Waals surface area contributed by atoms with Gasteiger partial charge < -0.3 is 5.11 Å². The Morgan fingerprint density at radius 1 is 1.56 bits per heavy atom. The van der Waals surface area contributed by atoms with E-state index in [1.165, 1.54) is 0 Å². The molecule has 1 heterocycles. The van der Waals surface area contributed by atoms with Crippen LogP contribution in [0.1, 0.15) is 31.2 Å². The van der Waals surface area contributed by atoms with E-state index in [-0.39, 0.29) is 0 Å². The molecule has 0 radical (unpaired) electrons. The molecule has 1 aromatic carbocycles. The SMILES string of the molecule is CCc1cc2c(cnn2C(C)O)cc1C#N. The minimum absolute atomic E-state index is 0.657. The lowest BCUT2D eigenvalue weighted by Gasteiger charge is -2.07. The topological polar surface area (TPSA) is 61.8 Å². The van der Waals surface area contributed by atoms with E-state index in [1.807, 2.05) is 19.1 Å². The van der Waals surface area contributed by atoms with Crippen molar-refractivity contribution in [3.63, 3.8) is 0 Å². The van der Waals surface area contributed by atoms with Crippen molar-refractivity contribution in [1.29, 1.82) is 5.26 Å². The lowest BCUT2D eigenvalue weighted by molar-refractivity contribution is 0.115. The maximum Gasteiger partial charge on any atom is 0.144 e. The minimum atomic E-state index is -0.657. The number of aryl methyl sites for hydroxylation is 1. The van der Waals surface area contributed by atoms with Crippen LogP contribution in [0.5, 0.6) is 0 Å². The van der Waals surface area contributed by atoms with E-state index in [1.54, 1.807) is 17.8 Å². The Kier molecular flexibility index (Phi) is 2.63. The summed E-state index contributed by atoms with van der Waals surface area (Å²) in [7, 11) is 0. The Labute approximate surface area is 93.7 Å². The molecule has 0 aliphatic rings. The third-order valence-electron chi connectivity index (χ3n) is 2.68. The molecule has 0 amide bonds. The number of rotatable bonds is 2. The molecule has 1 atom stereocenters. The van der Waals surface area contributed by atoms with Crippen LogP contribution in [0.25, 0.3) is 10.9 Å². The maximum absolute atomic E-state index is 9.54. The highest BCUT2D eigenvalue weighted by Crippen LogP contribution is 2.22. The van der Waals surface area contributed by atoms with E-state index in [0.29, 0.717) is 5.56 Å². The number of fused-ring (bicyclic) bond motifs is 1. The molecule has 0 bridgehead atoms. The predicted octanol–water partition coefficient (Wildman–Crippen LogP) is 1.98. The van der Waals surface area contributed by atoms with Gasteiger partial charge in [-0.1, -0.05) is 6.92 Å². The van der Waals surface area contributed by atoms with Crippen LogP contribution in [0.4, 0.5) is 0 Å². The molecule has 0 fully saturated rings. The second-order valence-electron chi connectivity index (χ2n) is 3.75. The Hall–Kier alpha value is -1.86. The first-order chi connectivity index (χ1) is 7.67. The zero-order valence-electron chi connectivity index (χ0n) is 9.31. The van der Waals surface area contributed by atoms with Crippen LogP contribution in [0.2, 0.25) is 0 Å². The number of benzene rings is 1. The van der Waals surface area contributed by atoms with Gasteiger partial charge in [0, 0.05) is 5.39 Å². The summed E-state index contributed by atoms with van der Waals surface area (Å²) < 4.78 is 1.55. The van der Waals surface area contributed by atoms with Gasteiger partial charge in [0.1, 0.15) is 6.23 Å². The minimum Gasteiger partial charge on any atom is -0.372 e. The van der Waals surface area contributed by atoms with Gasteiger partial charge in [0.15, 0.2) is 0 Å². The second-order valence-corrected chi connectivity index (χ2v) is 3.75. The summed E-state index contributed by atoms with van der Waals surface area (Å²) in [6.07, 6.45) is 1.81. The highest BCUT2D eigenvalue weighted by Gasteiger charge is 2.10. The summed E-state index contributed by atoms with van der Waals surface area (Å²) in [6, 6.07) is 5.92. The smallest absolute Gasteiger partial charge is 0.144 e. The predicted molar refractivity (Wildman–Crippen MR) is 60.8 cm³/mol. The fraction of sp³-hybridized carbons (Fsp3) is 0.333. The van der Waals surface area contributed by atoms with Gasteiger partial charge in [-0.05, 0) is 31.0 Å². The van der Waals surface area contributed by atoms with Crippen molar-refractivity contribution in [2.45, 2.75) is 26.5 Å². The molecule has 1 aromatic heterocycles. The number of aromatic nitrogens is 2. The molecule has 2 rings (SSSR count). The maximum atomic E-state index is 9.54. The van der Waals surface area contributed by atoms with E-state index in [9.17, 15) is 5.11 Å². The molecule has 4 nitrogen and oxygen atoms in total. The van der Waals surface area contributed by atoms with Gasteiger partial charge in [-0.2, -0.15) is 10.4 Å². The zero-order chi connectivity index (χ0) is 11.7. The summed E-state index contributed by atoms with van der Waals surface area (Å²) in [5.74, 6) is 0. The molecule has 16 heavy (non-hydrogen) atoms. The van der Waals surface area contributed by atoms with Gasteiger partial charge in [-0.25, -0.2) is 4.68 Å². The number of hydrogen-bond donors (Lipinski definition) is 1. The number of nitrogens with zero attached hydrogens (tertiary/aromatic N) is 3. The van der Waals surface area contributed by atoms with Gasteiger partial charge in [0.2, 0.25) is 0 Å². The molecular weight excluding hydrogens is 202 g/mol. The summed E-state index contributed by atoms with van der Waals surface area (Å²) in [4.78, 5) is 0. The highest BCUT2D eigenvalue weighted by molar-refractivity contribution is 5.81. The third kappa shape index (κ3) is 1.55. The number of aliphatic hydroxyl groups is 1. The van der Waals surface area contributed by atoms with Crippen LogP contribution >= 0.6 is 0 Å². The van der Waals surface area contributed by atoms with Gasteiger partial charge in [0.05, 0.1) is 23.3 Å². The fourth-order valence-corrected chi connectivity index (χ4v) is 1.83. The Morgan fingerprint density at radius 2 is 2.31 bits per heavy atom. The monoisotopic (exact) mass is 215 g/mol. The van der Waals surface area contributed by atoms with Gasteiger partial charge in [-0.15, -0.1) is 0 Å². The van der Waals surface area contributed by atoms with Gasteiger partial charge in [0.25, 0.3) is 0 Å². The highest BCUT2D eigenvalue weighted by atomic mass is 16.3. The van der Waals surface area contributed by atoms with E-state index < -0.39 is 6.23 Å².